The molecule has 1 aromatic carbocycles. The molecule has 1 rings (SSSR count). The van der Waals surface area contributed by atoms with Gasteiger partial charge >= 0.3 is 17.9 Å². The fourth-order valence-electron chi connectivity index (χ4n) is 2.11. The van der Waals surface area contributed by atoms with Crippen molar-refractivity contribution in [3.8, 4) is 5.75 Å². The number of benzene rings is 1. The summed E-state index contributed by atoms with van der Waals surface area (Å²) < 4.78 is 9.65. The largest absolute Gasteiger partial charge is 0.480 e. The molecule has 0 spiro atoms. The Morgan fingerprint density at radius 2 is 1.76 bits per heavy atom. The average molecular weight is 351 g/mol. The van der Waals surface area contributed by atoms with Gasteiger partial charge in [0.15, 0.2) is 0 Å². The van der Waals surface area contributed by atoms with Gasteiger partial charge in [0.05, 0.1) is 13.0 Å². The van der Waals surface area contributed by atoms with Gasteiger partial charge in [-0.2, -0.15) is 0 Å². The number of hydrogen-bond acceptors (Lipinski definition) is 6. The van der Waals surface area contributed by atoms with Crippen molar-refractivity contribution in [1.29, 1.82) is 0 Å². The minimum absolute atomic E-state index is 0.128. The molecule has 2 atom stereocenters. The third kappa shape index (κ3) is 6.62. The number of carboxylic acids is 1. The van der Waals surface area contributed by atoms with Gasteiger partial charge in [-0.3, -0.25) is 14.4 Å². The highest BCUT2D eigenvalue weighted by Gasteiger charge is 2.29. The lowest BCUT2D eigenvalue weighted by Crippen LogP contribution is -2.45. The molecule has 0 radical (unpaired) electrons. The molecule has 1 aromatic rings. The Morgan fingerprint density at radius 1 is 1.16 bits per heavy atom. The molecule has 0 aliphatic carbocycles. The van der Waals surface area contributed by atoms with E-state index in [9.17, 15) is 24.3 Å². The second-order valence-electron chi connectivity index (χ2n) is 5.39. The summed E-state index contributed by atoms with van der Waals surface area (Å²) in [6, 6.07) is 4.41. The van der Waals surface area contributed by atoms with Gasteiger partial charge in [0.25, 0.3) is 5.91 Å². The highest BCUT2D eigenvalue weighted by Crippen LogP contribution is 2.14. The van der Waals surface area contributed by atoms with Crippen molar-refractivity contribution in [3.63, 3.8) is 0 Å². The molecule has 0 aliphatic rings. The third-order valence-corrected chi connectivity index (χ3v) is 3.29. The molecule has 8 heteroatoms. The molecule has 0 bridgehead atoms. The van der Waals surface area contributed by atoms with E-state index in [4.69, 9.17) is 9.47 Å². The van der Waals surface area contributed by atoms with E-state index < -0.39 is 35.8 Å². The molecule has 0 unspecified atom stereocenters. The standard InChI is InChI=1S/C17H21NO7/c1-4-24-14(20)9-10(2)15(17(22)23)18-16(21)12-5-7-13(8-6-12)25-11(3)19/h5-8,10,15H,4,9H2,1-3H3,(H,18,21)(H,22,23)/t10-,15+/m0/s1. The lowest BCUT2D eigenvalue weighted by atomic mass is 9.98. The van der Waals surface area contributed by atoms with E-state index in [1.165, 1.54) is 31.2 Å². The van der Waals surface area contributed by atoms with Crippen LogP contribution in [0.2, 0.25) is 0 Å². The molecule has 25 heavy (non-hydrogen) atoms. The van der Waals surface area contributed by atoms with Crippen molar-refractivity contribution in [3.05, 3.63) is 29.8 Å². The number of carbonyl (C=O) groups is 4. The number of rotatable bonds is 8. The van der Waals surface area contributed by atoms with Gasteiger partial charge in [-0.15, -0.1) is 0 Å². The summed E-state index contributed by atoms with van der Waals surface area (Å²) in [6.45, 7) is 4.64. The predicted octanol–water partition coefficient (Wildman–Crippen LogP) is 1.38. The van der Waals surface area contributed by atoms with Crippen LogP contribution >= 0.6 is 0 Å². The first-order chi connectivity index (χ1) is 11.7. The van der Waals surface area contributed by atoms with Crippen LogP contribution in [0.25, 0.3) is 0 Å². The Hall–Kier alpha value is -2.90. The monoisotopic (exact) mass is 351 g/mol. The van der Waals surface area contributed by atoms with Crippen LogP contribution in [0.1, 0.15) is 37.6 Å². The Balaban J connectivity index is 2.77. The van der Waals surface area contributed by atoms with Gasteiger partial charge in [-0.25, -0.2) is 4.79 Å². The zero-order valence-corrected chi connectivity index (χ0v) is 14.3. The van der Waals surface area contributed by atoms with Gasteiger partial charge in [0, 0.05) is 12.5 Å². The average Bonchev–Trinajstić information content (AvgIpc) is 2.52. The van der Waals surface area contributed by atoms with Gasteiger partial charge < -0.3 is 19.9 Å². The fraction of sp³-hybridized carbons (Fsp3) is 0.412. The van der Waals surface area contributed by atoms with E-state index in [1.807, 2.05) is 0 Å². The molecule has 136 valence electrons. The lowest BCUT2D eigenvalue weighted by molar-refractivity contribution is -0.146. The van der Waals surface area contributed by atoms with E-state index in [-0.39, 0.29) is 24.3 Å². The number of hydrogen-bond donors (Lipinski definition) is 2. The van der Waals surface area contributed by atoms with Gasteiger partial charge in [-0.1, -0.05) is 6.92 Å². The maximum absolute atomic E-state index is 12.2. The summed E-state index contributed by atoms with van der Waals surface area (Å²) in [5, 5.41) is 11.7. The molecule has 0 fully saturated rings. The number of carbonyl (C=O) groups excluding carboxylic acids is 3. The Morgan fingerprint density at radius 3 is 2.24 bits per heavy atom. The highest BCUT2D eigenvalue weighted by molar-refractivity contribution is 5.96. The summed E-state index contributed by atoms with van der Waals surface area (Å²) in [7, 11) is 0. The maximum atomic E-state index is 12.2. The Labute approximate surface area is 145 Å². The second kappa shape index (κ2) is 9.41. The zero-order valence-electron chi connectivity index (χ0n) is 14.3. The molecule has 0 saturated carbocycles. The lowest BCUT2D eigenvalue weighted by Gasteiger charge is -2.20. The van der Waals surface area contributed by atoms with Gasteiger partial charge in [-0.05, 0) is 37.1 Å². The molecule has 1 amide bonds. The minimum Gasteiger partial charge on any atom is -0.480 e. The Kier molecular flexibility index (Phi) is 7.58. The number of ether oxygens (including phenoxy) is 2. The molecular formula is C17H21NO7. The molecular weight excluding hydrogens is 330 g/mol. The number of carboxylic acid groups (broad SMARTS) is 1. The molecule has 8 nitrogen and oxygen atoms in total. The van der Waals surface area contributed by atoms with Crippen molar-refractivity contribution >= 4 is 23.8 Å². The van der Waals surface area contributed by atoms with Crippen molar-refractivity contribution in [2.75, 3.05) is 6.61 Å². The van der Waals surface area contributed by atoms with Crippen LogP contribution in [0.15, 0.2) is 24.3 Å². The molecule has 0 aliphatic heterocycles. The van der Waals surface area contributed by atoms with E-state index in [2.05, 4.69) is 5.32 Å². The van der Waals surface area contributed by atoms with Crippen LogP contribution in [0.3, 0.4) is 0 Å². The predicted molar refractivity (Wildman–Crippen MR) is 87.1 cm³/mol. The van der Waals surface area contributed by atoms with Crippen molar-refractivity contribution in [2.45, 2.75) is 33.2 Å². The molecule has 0 aromatic heterocycles. The van der Waals surface area contributed by atoms with Crippen molar-refractivity contribution < 1.29 is 33.8 Å². The molecule has 0 heterocycles. The quantitative estimate of drug-likeness (QED) is 0.536. The number of esters is 2. The first kappa shape index (κ1) is 20.1. The first-order valence-electron chi connectivity index (χ1n) is 7.72. The summed E-state index contributed by atoms with van der Waals surface area (Å²) >= 11 is 0. The van der Waals surface area contributed by atoms with E-state index in [1.54, 1.807) is 13.8 Å². The van der Waals surface area contributed by atoms with E-state index in [0.29, 0.717) is 0 Å². The Bertz CT molecular complexity index is 639. The van der Waals surface area contributed by atoms with Crippen LogP contribution in [0.4, 0.5) is 0 Å². The van der Waals surface area contributed by atoms with Gasteiger partial charge in [0.2, 0.25) is 0 Å². The second-order valence-corrected chi connectivity index (χ2v) is 5.39. The van der Waals surface area contributed by atoms with Crippen LogP contribution in [0, 0.1) is 5.92 Å². The topological polar surface area (TPSA) is 119 Å². The summed E-state index contributed by atoms with van der Waals surface area (Å²) in [6.07, 6.45) is -0.128. The fourth-order valence-corrected chi connectivity index (χ4v) is 2.11. The number of aliphatic carboxylic acids is 1. The van der Waals surface area contributed by atoms with Crippen molar-refractivity contribution in [1.82, 2.24) is 5.32 Å². The van der Waals surface area contributed by atoms with Crippen molar-refractivity contribution in [2.24, 2.45) is 5.92 Å². The zero-order chi connectivity index (χ0) is 19.0. The number of nitrogens with one attached hydrogen (secondary N) is 1. The van der Waals surface area contributed by atoms with Crippen LogP contribution < -0.4 is 10.1 Å². The summed E-state index contributed by atoms with van der Waals surface area (Å²) in [5.41, 5.74) is 0.200. The van der Waals surface area contributed by atoms with E-state index in [0.717, 1.165) is 0 Å². The summed E-state index contributed by atoms with van der Waals surface area (Å²) in [5.74, 6) is -3.26. The van der Waals surface area contributed by atoms with Gasteiger partial charge in [0.1, 0.15) is 11.8 Å². The third-order valence-electron chi connectivity index (χ3n) is 3.29. The van der Waals surface area contributed by atoms with E-state index >= 15 is 0 Å². The number of amides is 1. The smallest absolute Gasteiger partial charge is 0.326 e. The molecule has 0 saturated heterocycles. The first-order valence-corrected chi connectivity index (χ1v) is 7.72. The summed E-state index contributed by atoms with van der Waals surface area (Å²) in [4.78, 5) is 46.0. The maximum Gasteiger partial charge on any atom is 0.326 e. The van der Waals surface area contributed by atoms with Crippen LogP contribution in [-0.2, 0) is 19.1 Å². The van der Waals surface area contributed by atoms with Crippen LogP contribution in [-0.4, -0.2) is 41.6 Å². The molecule has 2 N–H and O–H groups in total. The minimum atomic E-state index is -1.25. The SMILES string of the molecule is CCOC(=O)C[C@H](C)[C@@H](NC(=O)c1ccc(OC(C)=O)cc1)C(=O)O. The van der Waals surface area contributed by atoms with Crippen LogP contribution in [0.5, 0.6) is 5.75 Å². The highest BCUT2D eigenvalue weighted by atomic mass is 16.5. The normalized spacial score (nSPS) is 12.6.